The summed E-state index contributed by atoms with van der Waals surface area (Å²) in [5, 5.41) is 0. The van der Waals surface area contributed by atoms with Crippen molar-refractivity contribution in [3.8, 4) is 0 Å². The number of hydrogen-bond acceptors (Lipinski definition) is 1. The van der Waals surface area contributed by atoms with Crippen molar-refractivity contribution in [3.05, 3.63) is 12.2 Å². The summed E-state index contributed by atoms with van der Waals surface area (Å²) >= 11 is 0. The summed E-state index contributed by atoms with van der Waals surface area (Å²) < 4.78 is 0. The van der Waals surface area contributed by atoms with Crippen molar-refractivity contribution in [2.45, 2.75) is 58.8 Å². The van der Waals surface area contributed by atoms with Crippen molar-refractivity contribution in [1.82, 2.24) is 0 Å². The molecule has 1 heteroatoms. The van der Waals surface area contributed by atoms with Crippen LogP contribution in [0.4, 0.5) is 0 Å². The summed E-state index contributed by atoms with van der Waals surface area (Å²) in [5.41, 5.74) is 0. The molecule has 0 fully saturated rings. The van der Waals surface area contributed by atoms with Crippen LogP contribution in [0.5, 0.6) is 0 Å². The van der Waals surface area contributed by atoms with Gasteiger partial charge in [-0.05, 0) is 19.3 Å². The maximum atomic E-state index is 10.9. The van der Waals surface area contributed by atoms with Gasteiger partial charge >= 0.3 is 0 Å². The molecular formula is C12H22O. The molecule has 0 aliphatic heterocycles. The molecule has 0 aliphatic rings. The molecule has 0 bridgehead atoms. The van der Waals surface area contributed by atoms with Gasteiger partial charge < -0.3 is 0 Å². The van der Waals surface area contributed by atoms with Gasteiger partial charge in [-0.1, -0.05) is 38.8 Å². The summed E-state index contributed by atoms with van der Waals surface area (Å²) in [4.78, 5) is 10.9. The molecule has 0 saturated carbocycles. The Hall–Kier alpha value is -0.590. The molecule has 0 spiro atoms. The molecule has 0 aromatic heterocycles. The first-order chi connectivity index (χ1) is 6.31. The van der Waals surface area contributed by atoms with Crippen molar-refractivity contribution in [2.75, 3.05) is 0 Å². The lowest BCUT2D eigenvalue weighted by Crippen LogP contribution is -1.92. The van der Waals surface area contributed by atoms with Crippen molar-refractivity contribution < 1.29 is 4.79 Å². The third-order valence-corrected chi connectivity index (χ3v) is 2.13. The van der Waals surface area contributed by atoms with Crippen LogP contribution in [-0.4, -0.2) is 5.78 Å². The molecule has 0 aromatic carbocycles. The molecule has 0 saturated heterocycles. The Morgan fingerprint density at radius 1 is 1.08 bits per heavy atom. The fourth-order valence-corrected chi connectivity index (χ4v) is 1.17. The number of hydrogen-bond donors (Lipinski definition) is 0. The molecule has 0 amide bonds. The number of unbranched alkanes of at least 4 members (excludes halogenated alkanes) is 3. The third kappa shape index (κ3) is 9.32. The van der Waals surface area contributed by atoms with Crippen LogP contribution < -0.4 is 0 Å². The van der Waals surface area contributed by atoms with Gasteiger partial charge in [-0.15, -0.1) is 0 Å². The predicted molar refractivity (Wildman–Crippen MR) is 57.8 cm³/mol. The first-order valence-corrected chi connectivity index (χ1v) is 5.48. The van der Waals surface area contributed by atoms with E-state index in [0.29, 0.717) is 12.2 Å². The number of carbonyl (C=O) groups excluding carboxylic acids is 1. The van der Waals surface area contributed by atoms with E-state index in [1.165, 1.54) is 25.7 Å². The fourth-order valence-electron chi connectivity index (χ4n) is 1.17. The highest BCUT2D eigenvalue weighted by atomic mass is 16.1. The van der Waals surface area contributed by atoms with Crippen LogP contribution in [0.1, 0.15) is 58.8 Å². The van der Waals surface area contributed by atoms with E-state index in [1.807, 2.05) is 6.92 Å². The molecule has 0 rings (SSSR count). The number of rotatable bonds is 8. The Labute approximate surface area is 82.2 Å². The lowest BCUT2D eigenvalue weighted by atomic mass is 10.1. The zero-order valence-electron chi connectivity index (χ0n) is 9.01. The second-order valence-electron chi connectivity index (χ2n) is 3.40. The molecule has 13 heavy (non-hydrogen) atoms. The lowest BCUT2D eigenvalue weighted by molar-refractivity contribution is -0.118. The molecule has 0 atom stereocenters. The molecule has 0 aromatic rings. The Balaban J connectivity index is 3.17. The van der Waals surface area contributed by atoms with Crippen LogP contribution in [0.2, 0.25) is 0 Å². The van der Waals surface area contributed by atoms with Crippen molar-refractivity contribution in [2.24, 2.45) is 0 Å². The van der Waals surface area contributed by atoms with Crippen molar-refractivity contribution in [1.29, 1.82) is 0 Å². The van der Waals surface area contributed by atoms with Gasteiger partial charge in [0.1, 0.15) is 5.78 Å². The molecule has 0 N–H and O–H groups in total. The summed E-state index contributed by atoms with van der Waals surface area (Å²) in [5.74, 6) is 0.373. The second kappa shape index (κ2) is 9.50. The number of ketones is 1. The first kappa shape index (κ1) is 12.4. The average molecular weight is 182 g/mol. The fraction of sp³-hybridized carbons (Fsp3) is 0.750. The second-order valence-corrected chi connectivity index (χ2v) is 3.40. The Kier molecular flexibility index (Phi) is 9.07. The molecule has 0 radical (unpaired) electrons. The zero-order chi connectivity index (χ0) is 9.94. The van der Waals surface area contributed by atoms with E-state index in [-0.39, 0.29) is 0 Å². The predicted octanol–water partition coefficient (Wildman–Crippen LogP) is 3.88. The maximum Gasteiger partial charge on any atom is 0.132 e. The topological polar surface area (TPSA) is 17.1 Å². The number of Topliss-reactive ketones (excluding diaryl/α,β-unsaturated/α-hetero) is 1. The summed E-state index contributed by atoms with van der Waals surface area (Å²) in [7, 11) is 0. The highest BCUT2D eigenvalue weighted by Crippen LogP contribution is 2.01. The number of allylic oxidation sites excluding steroid dienone is 2. The Morgan fingerprint density at radius 3 is 2.38 bits per heavy atom. The van der Waals surface area contributed by atoms with E-state index >= 15 is 0 Å². The smallest absolute Gasteiger partial charge is 0.132 e. The zero-order valence-corrected chi connectivity index (χ0v) is 9.01. The summed E-state index contributed by atoms with van der Waals surface area (Å²) in [6.07, 6.45) is 11.7. The minimum absolute atomic E-state index is 0.373. The standard InChI is InChI=1S/C12H22O/c1-3-5-6-7-8-9-10-11-12(13)4-2/h8-9H,3-7,10-11H2,1-2H3/b9-8-. The minimum atomic E-state index is 0.373. The molecule has 76 valence electrons. The minimum Gasteiger partial charge on any atom is -0.300 e. The van der Waals surface area contributed by atoms with Gasteiger partial charge in [0.25, 0.3) is 0 Å². The number of carbonyl (C=O) groups is 1. The highest BCUT2D eigenvalue weighted by Gasteiger charge is 1.93. The molecule has 0 heterocycles. The van der Waals surface area contributed by atoms with Crippen molar-refractivity contribution in [3.63, 3.8) is 0 Å². The van der Waals surface area contributed by atoms with Gasteiger partial charge in [-0.3, -0.25) is 4.79 Å². The SMILES string of the molecule is CCCCC/C=C\CCC(=O)CC. The average Bonchev–Trinajstić information content (AvgIpc) is 2.16. The lowest BCUT2D eigenvalue weighted by Gasteiger charge is -1.93. The van der Waals surface area contributed by atoms with Gasteiger partial charge in [0.05, 0.1) is 0 Å². The summed E-state index contributed by atoms with van der Waals surface area (Å²) in [6.45, 7) is 4.14. The highest BCUT2D eigenvalue weighted by molar-refractivity contribution is 5.78. The van der Waals surface area contributed by atoms with Gasteiger partial charge in [0.15, 0.2) is 0 Å². The van der Waals surface area contributed by atoms with Gasteiger partial charge in [0.2, 0.25) is 0 Å². The normalized spacial score (nSPS) is 10.9. The van der Waals surface area contributed by atoms with Crippen LogP contribution in [0.15, 0.2) is 12.2 Å². The monoisotopic (exact) mass is 182 g/mol. The van der Waals surface area contributed by atoms with E-state index in [0.717, 1.165) is 12.8 Å². The van der Waals surface area contributed by atoms with Gasteiger partial charge in [-0.2, -0.15) is 0 Å². The Bertz CT molecular complexity index is 147. The van der Waals surface area contributed by atoms with Crippen molar-refractivity contribution >= 4 is 5.78 Å². The maximum absolute atomic E-state index is 10.9. The first-order valence-electron chi connectivity index (χ1n) is 5.48. The van der Waals surface area contributed by atoms with Crippen LogP contribution in [0.3, 0.4) is 0 Å². The molecule has 0 unspecified atom stereocenters. The van der Waals surface area contributed by atoms with Crippen LogP contribution in [0, 0.1) is 0 Å². The van der Waals surface area contributed by atoms with E-state index in [9.17, 15) is 4.79 Å². The van der Waals surface area contributed by atoms with E-state index in [2.05, 4.69) is 19.1 Å². The van der Waals surface area contributed by atoms with E-state index in [1.54, 1.807) is 0 Å². The molecular weight excluding hydrogens is 160 g/mol. The quantitative estimate of drug-likeness (QED) is 0.411. The van der Waals surface area contributed by atoms with Crippen LogP contribution in [-0.2, 0) is 4.79 Å². The van der Waals surface area contributed by atoms with Crippen LogP contribution >= 0.6 is 0 Å². The van der Waals surface area contributed by atoms with Gasteiger partial charge in [-0.25, -0.2) is 0 Å². The van der Waals surface area contributed by atoms with E-state index < -0.39 is 0 Å². The largest absolute Gasteiger partial charge is 0.300 e. The molecule has 0 aliphatic carbocycles. The van der Waals surface area contributed by atoms with Crippen LogP contribution in [0.25, 0.3) is 0 Å². The summed E-state index contributed by atoms with van der Waals surface area (Å²) in [6, 6.07) is 0. The Morgan fingerprint density at radius 2 is 1.77 bits per heavy atom. The van der Waals surface area contributed by atoms with E-state index in [4.69, 9.17) is 0 Å². The third-order valence-electron chi connectivity index (χ3n) is 2.13. The molecule has 1 nitrogen and oxygen atoms in total. The van der Waals surface area contributed by atoms with Gasteiger partial charge in [0, 0.05) is 12.8 Å².